The van der Waals surface area contributed by atoms with Crippen molar-refractivity contribution in [1.82, 2.24) is 0 Å². The van der Waals surface area contributed by atoms with E-state index in [2.05, 4.69) is 31.2 Å². The van der Waals surface area contributed by atoms with Crippen LogP contribution in [0.2, 0.25) is 0 Å². The van der Waals surface area contributed by atoms with Gasteiger partial charge in [-0.2, -0.15) is 0 Å². The van der Waals surface area contributed by atoms with Crippen LogP contribution in [-0.2, 0) is 6.42 Å². The number of rotatable bonds is 5. The molecule has 0 amide bonds. The van der Waals surface area contributed by atoms with Gasteiger partial charge in [0.2, 0.25) is 0 Å². The minimum Gasteiger partial charge on any atom is -0.328 e. The quantitative estimate of drug-likeness (QED) is 0.782. The molecule has 0 heterocycles. The highest BCUT2D eigenvalue weighted by Gasteiger charge is 2.23. The summed E-state index contributed by atoms with van der Waals surface area (Å²) < 4.78 is 0. The average Bonchev–Trinajstić information content (AvgIpc) is 2.99. The first-order chi connectivity index (χ1) is 7.24. The zero-order valence-electron chi connectivity index (χ0n) is 9.58. The summed E-state index contributed by atoms with van der Waals surface area (Å²) in [5.74, 6) is 0.956. The first-order valence-electron chi connectivity index (χ1n) is 6.05. The van der Waals surface area contributed by atoms with Crippen LogP contribution in [0.3, 0.4) is 0 Å². The third-order valence-corrected chi connectivity index (χ3v) is 3.22. The summed E-state index contributed by atoms with van der Waals surface area (Å²) in [6.45, 7) is 2.15. The molecule has 1 aliphatic rings. The molecule has 1 atom stereocenters. The Bertz CT molecular complexity index is 315. The highest BCUT2D eigenvalue weighted by atomic mass is 14.6. The molecule has 2 rings (SSSR count). The first kappa shape index (κ1) is 10.7. The Morgan fingerprint density at radius 3 is 2.87 bits per heavy atom. The number of aryl methyl sites for hydroxylation is 2. The van der Waals surface area contributed by atoms with Gasteiger partial charge in [-0.15, -0.1) is 0 Å². The summed E-state index contributed by atoms with van der Waals surface area (Å²) in [6, 6.07) is 9.17. The zero-order chi connectivity index (χ0) is 10.7. The lowest BCUT2D eigenvalue weighted by atomic mass is 10.0. The van der Waals surface area contributed by atoms with Crippen molar-refractivity contribution in [1.29, 1.82) is 0 Å². The van der Waals surface area contributed by atoms with Crippen molar-refractivity contribution >= 4 is 0 Å². The largest absolute Gasteiger partial charge is 0.328 e. The first-order valence-corrected chi connectivity index (χ1v) is 6.05. The molecule has 15 heavy (non-hydrogen) atoms. The molecule has 1 unspecified atom stereocenters. The van der Waals surface area contributed by atoms with E-state index in [0.29, 0.717) is 6.04 Å². The van der Waals surface area contributed by atoms with Crippen LogP contribution in [0.4, 0.5) is 0 Å². The van der Waals surface area contributed by atoms with Crippen LogP contribution < -0.4 is 5.73 Å². The van der Waals surface area contributed by atoms with E-state index in [1.54, 1.807) is 0 Å². The van der Waals surface area contributed by atoms with Crippen molar-refractivity contribution < 1.29 is 0 Å². The Kier molecular flexibility index (Phi) is 3.42. The lowest BCUT2D eigenvalue weighted by Crippen LogP contribution is -2.21. The maximum atomic E-state index is 6.10. The van der Waals surface area contributed by atoms with Gasteiger partial charge in [0.1, 0.15) is 0 Å². The summed E-state index contributed by atoms with van der Waals surface area (Å²) >= 11 is 0. The zero-order valence-corrected chi connectivity index (χ0v) is 9.58. The van der Waals surface area contributed by atoms with Crippen molar-refractivity contribution in [2.45, 2.75) is 45.1 Å². The van der Waals surface area contributed by atoms with Crippen molar-refractivity contribution in [3.05, 3.63) is 35.4 Å². The van der Waals surface area contributed by atoms with Crippen molar-refractivity contribution in [2.75, 3.05) is 0 Å². The van der Waals surface area contributed by atoms with Gasteiger partial charge in [-0.1, -0.05) is 42.7 Å². The topological polar surface area (TPSA) is 26.0 Å². The average molecular weight is 203 g/mol. The molecule has 0 radical (unpaired) electrons. The Labute approximate surface area is 92.7 Å². The van der Waals surface area contributed by atoms with Gasteiger partial charge in [0.05, 0.1) is 0 Å². The van der Waals surface area contributed by atoms with E-state index >= 15 is 0 Å². The van der Waals surface area contributed by atoms with Gasteiger partial charge < -0.3 is 5.73 Å². The fourth-order valence-corrected chi connectivity index (χ4v) is 2.12. The van der Waals surface area contributed by atoms with Crippen molar-refractivity contribution in [2.24, 2.45) is 11.7 Å². The van der Waals surface area contributed by atoms with Crippen molar-refractivity contribution in [3.63, 3.8) is 0 Å². The van der Waals surface area contributed by atoms with E-state index in [0.717, 1.165) is 18.8 Å². The molecular formula is C14H21N. The summed E-state index contributed by atoms with van der Waals surface area (Å²) in [7, 11) is 0. The maximum absolute atomic E-state index is 6.10. The second-order valence-corrected chi connectivity index (χ2v) is 4.97. The van der Waals surface area contributed by atoms with Gasteiger partial charge in [0.25, 0.3) is 0 Å². The monoisotopic (exact) mass is 203 g/mol. The lowest BCUT2D eigenvalue weighted by Gasteiger charge is -2.10. The number of hydrogen-bond donors (Lipinski definition) is 1. The van der Waals surface area contributed by atoms with E-state index in [1.807, 2.05) is 0 Å². The normalized spacial score (nSPS) is 17.7. The minimum atomic E-state index is 0.415. The fourth-order valence-electron chi connectivity index (χ4n) is 2.12. The molecule has 1 heteroatoms. The molecule has 1 nitrogen and oxygen atoms in total. The molecule has 1 fully saturated rings. The standard InChI is InChI=1S/C14H21N/c1-11-3-2-4-12(9-11)7-8-14(15)10-13-5-6-13/h2-4,9,13-14H,5-8,10,15H2,1H3. The van der Waals surface area contributed by atoms with Crippen LogP contribution in [0.5, 0.6) is 0 Å². The van der Waals surface area contributed by atoms with Crippen LogP contribution in [0.15, 0.2) is 24.3 Å². The van der Waals surface area contributed by atoms with Gasteiger partial charge in [0, 0.05) is 6.04 Å². The summed E-state index contributed by atoms with van der Waals surface area (Å²) in [6.07, 6.45) is 6.34. The third kappa shape index (κ3) is 3.67. The molecule has 1 aliphatic carbocycles. The highest BCUT2D eigenvalue weighted by molar-refractivity contribution is 5.22. The Hall–Kier alpha value is -0.820. The molecule has 1 aromatic rings. The number of benzene rings is 1. The van der Waals surface area contributed by atoms with Gasteiger partial charge in [0.15, 0.2) is 0 Å². The van der Waals surface area contributed by atoms with E-state index in [-0.39, 0.29) is 0 Å². The molecule has 1 saturated carbocycles. The second kappa shape index (κ2) is 4.80. The Morgan fingerprint density at radius 2 is 2.20 bits per heavy atom. The summed E-state index contributed by atoms with van der Waals surface area (Å²) in [5.41, 5.74) is 8.88. The van der Waals surface area contributed by atoms with Gasteiger partial charge in [-0.25, -0.2) is 0 Å². The van der Waals surface area contributed by atoms with Gasteiger partial charge in [-0.3, -0.25) is 0 Å². The molecule has 0 aromatic heterocycles. The molecular weight excluding hydrogens is 182 g/mol. The van der Waals surface area contributed by atoms with E-state index in [4.69, 9.17) is 5.73 Å². The van der Waals surface area contributed by atoms with Crippen LogP contribution in [0.1, 0.15) is 36.8 Å². The minimum absolute atomic E-state index is 0.415. The van der Waals surface area contributed by atoms with E-state index < -0.39 is 0 Å². The fraction of sp³-hybridized carbons (Fsp3) is 0.571. The van der Waals surface area contributed by atoms with E-state index in [1.165, 1.54) is 30.4 Å². The van der Waals surface area contributed by atoms with Crippen LogP contribution >= 0.6 is 0 Å². The van der Waals surface area contributed by atoms with Crippen LogP contribution in [0.25, 0.3) is 0 Å². The Morgan fingerprint density at radius 1 is 1.40 bits per heavy atom. The summed E-state index contributed by atoms with van der Waals surface area (Å²) in [5, 5.41) is 0. The molecule has 1 aromatic carbocycles. The maximum Gasteiger partial charge on any atom is 0.00446 e. The molecule has 0 bridgehead atoms. The second-order valence-electron chi connectivity index (χ2n) is 4.97. The molecule has 0 saturated heterocycles. The summed E-state index contributed by atoms with van der Waals surface area (Å²) in [4.78, 5) is 0. The van der Waals surface area contributed by atoms with Crippen LogP contribution in [0, 0.1) is 12.8 Å². The number of hydrogen-bond acceptors (Lipinski definition) is 1. The molecule has 82 valence electrons. The smallest absolute Gasteiger partial charge is 0.00446 e. The third-order valence-electron chi connectivity index (χ3n) is 3.22. The SMILES string of the molecule is Cc1cccc(CCC(N)CC2CC2)c1. The predicted octanol–water partition coefficient (Wildman–Crippen LogP) is 3.06. The van der Waals surface area contributed by atoms with Gasteiger partial charge in [-0.05, 0) is 37.7 Å². The highest BCUT2D eigenvalue weighted by Crippen LogP contribution is 2.33. The van der Waals surface area contributed by atoms with Crippen LogP contribution in [-0.4, -0.2) is 6.04 Å². The lowest BCUT2D eigenvalue weighted by molar-refractivity contribution is 0.534. The van der Waals surface area contributed by atoms with Crippen molar-refractivity contribution in [3.8, 4) is 0 Å². The van der Waals surface area contributed by atoms with E-state index in [9.17, 15) is 0 Å². The predicted molar refractivity (Wildman–Crippen MR) is 64.8 cm³/mol. The van der Waals surface area contributed by atoms with Gasteiger partial charge >= 0.3 is 0 Å². The molecule has 2 N–H and O–H groups in total. The Balaban J connectivity index is 1.76. The number of nitrogens with two attached hydrogens (primary N) is 1. The molecule has 0 spiro atoms. The molecule has 0 aliphatic heterocycles.